The zero-order valence-corrected chi connectivity index (χ0v) is 9.61. The molecule has 0 atom stereocenters. The largest absolute Gasteiger partial charge is 0.394 e. The zero-order chi connectivity index (χ0) is 12.9. The van der Waals surface area contributed by atoms with E-state index in [1.165, 1.54) is 12.4 Å². The highest BCUT2D eigenvalue weighted by molar-refractivity contribution is 4.95. The summed E-state index contributed by atoms with van der Waals surface area (Å²) in [7, 11) is 0. The molecular weight excluding hydrogens is 232 g/mol. The summed E-state index contributed by atoms with van der Waals surface area (Å²) in [4.78, 5) is 3.80. The first-order valence-corrected chi connectivity index (χ1v) is 5.35. The molecule has 1 rings (SSSR count). The Bertz CT molecular complexity index is 332. The lowest BCUT2D eigenvalue weighted by Gasteiger charge is -2.29. The van der Waals surface area contributed by atoms with E-state index in [1.807, 2.05) is 0 Å². The molecule has 5 nitrogen and oxygen atoms in total. The first-order valence-electron chi connectivity index (χ1n) is 5.35. The van der Waals surface area contributed by atoms with Crippen LogP contribution in [0.4, 0.5) is 8.78 Å². The van der Waals surface area contributed by atoms with Gasteiger partial charge in [0, 0.05) is 12.4 Å². The molecule has 17 heavy (non-hydrogen) atoms. The molecule has 0 saturated carbocycles. The van der Waals surface area contributed by atoms with Crippen molar-refractivity contribution in [1.29, 1.82) is 0 Å². The molecule has 0 aromatic carbocycles. The maximum absolute atomic E-state index is 12.5. The van der Waals surface area contributed by atoms with Gasteiger partial charge >= 0.3 is 6.55 Å². The van der Waals surface area contributed by atoms with Crippen molar-refractivity contribution in [2.45, 2.75) is 32.0 Å². The number of imidazole rings is 1. The van der Waals surface area contributed by atoms with Crippen LogP contribution in [0.1, 0.15) is 25.7 Å². The first kappa shape index (κ1) is 14.0. The smallest absolute Gasteiger partial charge is 0.319 e. The molecule has 98 valence electrons. The van der Waals surface area contributed by atoms with Gasteiger partial charge in [0.15, 0.2) is 0 Å². The van der Waals surface area contributed by atoms with Crippen molar-refractivity contribution < 1.29 is 19.0 Å². The van der Waals surface area contributed by atoms with Gasteiger partial charge in [0.25, 0.3) is 0 Å². The van der Waals surface area contributed by atoms with E-state index in [-0.39, 0.29) is 25.6 Å². The highest BCUT2D eigenvalue weighted by atomic mass is 19.3. The molecule has 7 heteroatoms. The van der Waals surface area contributed by atoms with Crippen molar-refractivity contribution >= 4 is 0 Å². The Labute approximate surface area is 98.1 Å². The summed E-state index contributed by atoms with van der Waals surface area (Å²) in [5, 5.41) is 21.2. The molecule has 1 heterocycles. The van der Waals surface area contributed by atoms with Crippen LogP contribution in [-0.4, -0.2) is 38.5 Å². The molecule has 0 radical (unpaired) electrons. The monoisotopic (exact) mass is 249 g/mol. The van der Waals surface area contributed by atoms with E-state index >= 15 is 0 Å². The van der Waals surface area contributed by atoms with Crippen LogP contribution in [0.25, 0.3) is 0 Å². The third-order valence-corrected chi connectivity index (χ3v) is 2.86. The molecule has 0 fully saturated rings. The number of hydrogen-bond acceptors (Lipinski definition) is 4. The lowest BCUT2D eigenvalue weighted by molar-refractivity contribution is 0.0621. The Kier molecular flexibility index (Phi) is 4.98. The molecular formula is C10H17F2N3O2. The maximum atomic E-state index is 12.5. The second-order valence-corrected chi connectivity index (χ2v) is 3.83. The van der Waals surface area contributed by atoms with Crippen LogP contribution >= 0.6 is 0 Å². The molecule has 0 saturated heterocycles. The van der Waals surface area contributed by atoms with Gasteiger partial charge in [-0.3, -0.25) is 4.57 Å². The first-order chi connectivity index (χ1) is 8.08. The summed E-state index contributed by atoms with van der Waals surface area (Å²) in [5.74, 6) is 0.166. The minimum atomic E-state index is -2.64. The molecule has 1 aromatic heterocycles. The van der Waals surface area contributed by atoms with E-state index in [0.717, 1.165) is 4.57 Å². The van der Waals surface area contributed by atoms with E-state index in [4.69, 9.17) is 0 Å². The van der Waals surface area contributed by atoms with Crippen LogP contribution in [0.5, 0.6) is 0 Å². The number of rotatable bonds is 7. The second-order valence-electron chi connectivity index (χ2n) is 3.83. The summed E-state index contributed by atoms with van der Waals surface area (Å²) >= 11 is 0. The molecule has 0 amide bonds. The molecule has 0 unspecified atom stereocenters. The Morgan fingerprint density at radius 1 is 1.47 bits per heavy atom. The summed E-state index contributed by atoms with van der Waals surface area (Å²) in [5.41, 5.74) is -0.862. The van der Waals surface area contributed by atoms with Crippen LogP contribution in [0.2, 0.25) is 0 Å². The molecule has 0 spiro atoms. The number of nitrogens with zero attached hydrogens (tertiary/aromatic N) is 2. The molecule has 0 aliphatic rings. The average molecular weight is 249 g/mol. The van der Waals surface area contributed by atoms with Crippen molar-refractivity contribution in [3.63, 3.8) is 0 Å². The highest BCUT2D eigenvalue weighted by Crippen LogP contribution is 2.14. The number of aliphatic hydroxyl groups excluding tert-OH is 2. The minimum absolute atomic E-state index is 0.0618. The van der Waals surface area contributed by atoms with Crippen molar-refractivity contribution in [2.75, 3.05) is 13.2 Å². The summed E-state index contributed by atoms with van der Waals surface area (Å²) < 4.78 is 25.8. The Hall–Kier alpha value is -1.05. The summed E-state index contributed by atoms with van der Waals surface area (Å²) in [6.07, 6.45) is 2.96. The van der Waals surface area contributed by atoms with Crippen molar-refractivity contribution in [3.05, 3.63) is 18.2 Å². The summed E-state index contributed by atoms with van der Waals surface area (Å²) in [6.45, 7) is -1.33. The SMILES string of the molecule is CCC(CO)(CO)NCc1nccn1C(F)F. The van der Waals surface area contributed by atoms with Crippen LogP contribution in [0, 0.1) is 0 Å². The number of nitrogens with one attached hydrogen (secondary N) is 1. The van der Waals surface area contributed by atoms with E-state index in [2.05, 4.69) is 10.3 Å². The summed E-state index contributed by atoms with van der Waals surface area (Å²) in [6, 6.07) is 0. The molecule has 0 aliphatic heterocycles. The van der Waals surface area contributed by atoms with E-state index in [1.54, 1.807) is 6.92 Å². The third kappa shape index (κ3) is 3.21. The normalized spacial score (nSPS) is 12.4. The molecule has 3 N–H and O–H groups in total. The lowest BCUT2D eigenvalue weighted by atomic mass is 9.98. The van der Waals surface area contributed by atoms with Gasteiger partial charge < -0.3 is 15.5 Å². The molecule has 0 aliphatic carbocycles. The highest BCUT2D eigenvalue weighted by Gasteiger charge is 2.26. The maximum Gasteiger partial charge on any atom is 0.319 e. The van der Waals surface area contributed by atoms with Crippen LogP contribution < -0.4 is 5.32 Å². The number of halogens is 2. The van der Waals surface area contributed by atoms with Crippen molar-refractivity contribution in [3.8, 4) is 0 Å². The lowest BCUT2D eigenvalue weighted by Crippen LogP contribution is -2.51. The van der Waals surface area contributed by atoms with Gasteiger partial charge in [-0.25, -0.2) is 4.98 Å². The van der Waals surface area contributed by atoms with Crippen LogP contribution in [0.15, 0.2) is 12.4 Å². The van der Waals surface area contributed by atoms with Crippen molar-refractivity contribution in [2.24, 2.45) is 0 Å². The number of hydrogen-bond donors (Lipinski definition) is 3. The van der Waals surface area contributed by atoms with Crippen molar-refractivity contribution in [1.82, 2.24) is 14.9 Å². The fourth-order valence-corrected chi connectivity index (χ4v) is 1.44. The fraction of sp³-hybridized carbons (Fsp3) is 0.700. The topological polar surface area (TPSA) is 70.3 Å². The third-order valence-electron chi connectivity index (χ3n) is 2.86. The van der Waals surface area contributed by atoms with Crippen LogP contribution in [-0.2, 0) is 6.54 Å². The Morgan fingerprint density at radius 3 is 2.59 bits per heavy atom. The predicted molar refractivity (Wildman–Crippen MR) is 57.5 cm³/mol. The van der Waals surface area contributed by atoms with E-state index in [0.29, 0.717) is 6.42 Å². The Morgan fingerprint density at radius 2 is 2.12 bits per heavy atom. The second kappa shape index (κ2) is 6.04. The zero-order valence-electron chi connectivity index (χ0n) is 9.61. The predicted octanol–water partition coefficient (Wildman–Crippen LogP) is 0.501. The number of alkyl halides is 2. The standard InChI is InChI=1S/C10H17F2N3O2/c1-2-10(6-16,7-17)14-5-8-13-3-4-15(8)9(11)12/h3-4,9,14,16-17H,2,5-7H2,1H3. The Balaban J connectivity index is 2.69. The van der Waals surface area contributed by atoms with Gasteiger partial charge in [0.05, 0.1) is 25.3 Å². The van der Waals surface area contributed by atoms with Gasteiger partial charge in [-0.1, -0.05) is 6.92 Å². The quantitative estimate of drug-likeness (QED) is 0.658. The number of aliphatic hydroxyl groups is 2. The van der Waals surface area contributed by atoms with E-state index in [9.17, 15) is 19.0 Å². The van der Waals surface area contributed by atoms with Gasteiger partial charge in [-0.2, -0.15) is 8.78 Å². The molecule has 1 aromatic rings. The minimum Gasteiger partial charge on any atom is -0.394 e. The fourth-order valence-electron chi connectivity index (χ4n) is 1.44. The van der Waals surface area contributed by atoms with E-state index < -0.39 is 12.1 Å². The molecule has 0 bridgehead atoms. The van der Waals surface area contributed by atoms with Crippen LogP contribution in [0.3, 0.4) is 0 Å². The van der Waals surface area contributed by atoms with Gasteiger partial charge in [-0.15, -0.1) is 0 Å². The van der Waals surface area contributed by atoms with Gasteiger partial charge in [0.1, 0.15) is 5.82 Å². The van der Waals surface area contributed by atoms with Gasteiger partial charge in [-0.05, 0) is 6.42 Å². The number of aromatic nitrogens is 2. The average Bonchev–Trinajstić information content (AvgIpc) is 2.80. The van der Waals surface area contributed by atoms with Gasteiger partial charge in [0.2, 0.25) is 0 Å².